The Labute approximate surface area is 81.1 Å². The van der Waals surface area contributed by atoms with E-state index in [1.54, 1.807) is 14.0 Å². The van der Waals surface area contributed by atoms with Crippen LogP contribution in [0.1, 0.15) is 26.7 Å². The number of rotatable bonds is 7. The first-order valence-corrected chi connectivity index (χ1v) is 4.76. The first-order valence-electron chi connectivity index (χ1n) is 4.76. The van der Waals surface area contributed by atoms with Gasteiger partial charge in [-0.2, -0.15) is 0 Å². The van der Waals surface area contributed by atoms with E-state index < -0.39 is 0 Å². The molecule has 0 aliphatic carbocycles. The maximum Gasteiger partial charge on any atom is 0.131 e. The lowest BCUT2D eigenvalue weighted by atomic mass is 10.1. The van der Waals surface area contributed by atoms with Crippen LogP contribution in [0.15, 0.2) is 0 Å². The van der Waals surface area contributed by atoms with Gasteiger partial charge in [-0.05, 0) is 27.3 Å². The third-order valence-corrected chi connectivity index (χ3v) is 2.19. The van der Waals surface area contributed by atoms with Crippen molar-refractivity contribution in [2.45, 2.75) is 32.7 Å². The van der Waals surface area contributed by atoms with Crippen LogP contribution in [-0.4, -0.2) is 44.0 Å². The minimum atomic E-state index is 0.256. The van der Waals surface area contributed by atoms with Gasteiger partial charge in [-0.15, -0.1) is 0 Å². The lowest BCUT2D eigenvalue weighted by Crippen LogP contribution is -2.31. The van der Waals surface area contributed by atoms with E-state index in [4.69, 9.17) is 4.74 Å². The van der Waals surface area contributed by atoms with E-state index in [1.807, 2.05) is 7.05 Å². The summed E-state index contributed by atoms with van der Waals surface area (Å²) in [6.45, 7) is 5.49. The summed E-state index contributed by atoms with van der Waals surface area (Å²) in [7, 11) is 3.75. The van der Waals surface area contributed by atoms with Crippen LogP contribution in [0.3, 0.4) is 0 Å². The Hall–Kier alpha value is -0.410. The van der Waals surface area contributed by atoms with E-state index in [2.05, 4.69) is 11.8 Å². The quantitative estimate of drug-likeness (QED) is 0.563. The topological polar surface area (TPSA) is 29.5 Å². The van der Waals surface area contributed by atoms with Crippen LogP contribution in [0.25, 0.3) is 0 Å². The normalized spacial score (nSPS) is 13.3. The Bertz CT molecular complexity index is 148. The Morgan fingerprint density at radius 2 is 2.15 bits per heavy atom. The Kier molecular flexibility index (Phi) is 6.82. The molecule has 0 radical (unpaired) electrons. The van der Waals surface area contributed by atoms with Crippen LogP contribution in [0.4, 0.5) is 0 Å². The summed E-state index contributed by atoms with van der Waals surface area (Å²) < 4.78 is 4.96. The molecule has 0 saturated carbocycles. The highest BCUT2D eigenvalue weighted by molar-refractivity contribution is 5.76. The second-order valence-electron chi connectivity index (χ2n) is 3.58. The minimum absolute atomic E-state index is 0.256. The van der Waals surface area contributed by atoms with Crippen molar-refractivity contribution in [2.75, 3.05) is 27.3 Å². The number of carbonyl (C=O) groups is 1. The fourth-order valence-electron chi connectivity index (χ4n) is 1.25. The van der Waals surface area contributed by atoms with Gasteiger partial charge in [0.15, 0.2) is 0 Å². The third-order valence-electron chi connectivity index (χ3n) is 2.19. The van der Waals surface area contributed by atoms with Gasteiger partial charge < -0.3 is 9.64 Å². The highest BCUT2D eigenvalue weighted by atomic mass is 16.5. The van der Waals surface area contributed by atoms with E-state index in [9.17, 15) is 4.79 Å². The van der Waals surface area contributed by atoms with Gasteiger partial charge in [-0.3, -0.25) is 4.79 Å². The molecule has 0 aromatic heterocycles. The molecule has 0 aromatic carbocycles. The van der Waals surface area contributed by atoms with Crippen LogP contribution in [0.5, 0.6) is 0 Å². The van der Waals surface area contributed by atoms with Gasteiger partial charge in [-0.1, -0.05) is 0 Å². The predicted octanol–water partition coefficient (Wildman–Crippen LogP) is 1.32. The van der Waals surface area contributed by atoms with E-state index in [0.717, 1.165) is 19.6 Å². The summed E-state index contributed by atoms with van der Waals surface area (Å²) in [5.74, 6) is 0.256. The van der Waals surface area contributed by atoms with Crippen molar-refractivity contribution >= 4 is 5.78 Å². The van der Waals surface area contributed by atoms with Crippen LogP contribution >= 0.6 is 0 Å². The van der Waals surface area contributed by atoms with E-state index in [-0.39, 0.29) is 5.78 Å². The molecule has 3 nitrogen and oxygen atoms in total. The second kappa shape index (κ2) is 7.04. The third kappa shape index (κ3) is 6.72. The molecule has 0 amide bonds. The highest BCUT2D eigenvalue weighted by Crippen LogP contribution is 2.02. The average Bonchev–Trinajstić information content (AvgIpc) is 2.03. The lowest BCUT2D eigenvalue weighted by molar-refractivity contribution is -0.118. The van der Waals surface area contributed by atoms with Crippen molar-refractivity contribution < 1.29 is 9.53 Å². The first kappa shape index (κ1) is 12.6. The van der Waals surface area contributed by atoms with Crippen molar-refractivity contribution in [3.8, 4) is 0 Å². The number of ether oxygens (including phenoxy) is 1. The monoisotopic (exact) mass is 187 g/mol. The lowest BCUT2D eigenvalue weighted by Gasteiger charge is -2.23. The Morgan fingerprint density at radius 1 is 1.54 bits per heavy atom. The van der Waals surface area contributed by atoms with Crippen LogP contribution in [0.2, 0.25) is 0 Å². The van der Waals surface area contributed by atoms with Gasteiger partial charge in [-0.25, -0.2) is 0 Å². The summed E-state index contributed by atoms with van der Waals surface area (Å²) in [4.78, 5) is 13.0. The minimum Gasteiger partial charge on any atom is -0.385 e. The van der Waals surface area contributed by atoms with Crippen LogP contribution in [0, 0.1) is 0 Å². The maximum absolute atomic E-state index is 10.8. The molecule has 0 spiro atoms. The maximum atomic E-state index is 10.8. The summed E-state index contributed by atoms with van der Waals surface area (Å²) in [5, 5.41) is 0. The van der Waals surface area contributed by atoms with E-state index >= 15 is 0 Å². The Morgan fingerprint density at radius 3 is 2.62 bits per heavy atom. The molecule has 0 aliphatic heterocycles. The molecule has 0 N–H and O–H groups in total. The number of hydrogen-bond acceptors (Lipinski definition) is 3. The van der Waals surface area contributed by atoms with E-state index in [1.165, 1.54) is 0 Å². The molecular weight excluding hydrogens is 166 g/mol. The first-order chi connectivity index (χ1) is 6.07. The molecule has 0 fully saturated rings. The summed E-state index contributed by atoms with van der Waals surface area (Å²) >= 11 is 0. The number of methoxy groups -OCH3 is 1. The Balaban J connectivity index is 3.56. The van der Waals surface area contributed by atoms with Crippen molar-refractivity contribution in [1.82, 2.24) is 4.90 Å². The highest BCUT2D eigenvalue weighted by Gasteiger charge is 2.10. The van der Waals surface area contributed by atoms with Crippen molar-refractivity contribution in [3.05, 3.63) is 0 Å². The molecule has 78 valence electrons. The molecule has 0 aliphatic rings. The second-order valence-corrected chi connectivity index (χ2v) is 3.58. The molecule has 1 unspecified atom stereocenters. The van der Waals surface area contributed by atoms with Crippen LogP contribution in [-0.2, 0) is 9.53 Å². The van der Waals surface area contributed by atoms with Gasteiger partial charge in [0.1, 0.15) is 5.78 Å². The largest absolute Gasteiger partial charge is 0.385 e. The summed E-state index contributed by atoms with van der Waals surface area (Å²) in [5.41, 5.74) is 0. The van der Waals surface area contributed by atoms with Crippen molar-refractivity contribution in [1.29, 1.82) is 0 Å². The summed E-state index contributed by atoms with van der Waals surface area (Å²) in [6, 6.07) is 0.342. The fraction of sp³-hybridized carbons (Fsp3) is 0.900. The smallest absolute Gasteiger partial charge is 0.131 e. The molecule has 0 heterocycles. The van der Waals surface area contributed by atoms with E-state index in [0.29, 0.717) is 12.5 Å². The molecule has 0 saturated heterocycles. The number of ketones is 1. The molecule has 1 atom stereocenters. The standard InChI is InChI=1S/C10H21NO2/c1-9(8-10(2)12)11(3)6-5-7-13-4/h9H,5-8H2,1-4H3. The van der Waals surface area contributed by atoms with Crippen molar-refractivity contribution in [2.24, 2.45) is 0 Å². The number of nitrogens with zero attached hydrogens (tertiary/aromatic N) is 1. The molecular formula is C10H21NO2. The molecule has 0 bridgehead atoms. The zero-order valence-electron chi connectivity index (χ0n) is 9.17. The fourth-order valence-corrected chi connectivity index (χ4v) is 1.25. The van der Waals surface area contributed by atoms with Gasteiger partial charge in [0, 0.05) is 32.7 Å². The van der Waals surface area contributed by atoms with Gasteiger partial charge in [0.25, 0.3) is 0 Å². The average molecular weight is 187 g/mol. The number of carbonyl (C=O) groups excluding carboxylic acids is 1. The number of Topliss-reactive ketones (excluding diaryl/α,β-unsaturated/α-hetero) is 1. The van der Waals surface area contributed by atoms with Crippen LogP contribution < -0.4 is 0 Å². The summed E-state index contributed by atoms with van der Waals surface area (Å²) in [6.07, 6.45) is 1.67. The molecule has 3 heteroatoms. The molecule has 0 rings (SSSR count). The van der Waals surface area contributed by atoms with Gasteiger partial charge >= 0.3 is 0 Å². The van der Waals surface area contributed by atoms with Gasteiger partial charge in [0.05, 0.1) is 0 Å². The zero-order chi connectivity index (χ0) is 10.3. The SMILES string of the molecule is COCCCN(C)C(C)CC(C)=O. The zero-order valence-corrected chi connectivity index (χ0v) is 9.17. The number of hydrogen-bond donors (Lipinski definition) is 0. The molecule has 0 aromatic rings. The molecule has 13 heavy (non-hydrogen) atoms. The van der Waals surface area contributed by atoms with Crippen molar-refractivity contribution in [3.63, 3.8) is 0 Å². The predicted molar refractivity (Wildman–Crippen MR) is 53.9 cm³/mol. The van der Waals surface area contributed by atoms with Gasteiger partial charge in [0.2, 0.25) is 0 Å².